The van der Waals surface area contributed by atoms with Crippen molar-refractivity contribution < 1.29 is 13.9 Å². The van der Waals surface area contributed by atoms with E-state index >= 15 is 0 Å². The normalized spacial score (nSPS) is 10.8. The summed E-state index contributed by atoms with van der Waals surface area (Å²) in [7, 11) is 1.29. The molecule has 0 aliphatic carbocycles. The van der Waals surface area contributed by atoms with E-state index in [1.165, 1.54) is 31.4 Å². The van der Waals surface area contributed by atoms with Gasteiger partial charge in [-0.25, -0.2) is 19.2 Å². The zero-order valence-corrected chi connectivity index (χ0v) is 12.6. The smallest absolute Gasteiger partial charge is 0.341 e. The van der Waals surface area contributed by atoms with Crippen LogP contribution in [0.5, 0.6) is 0 Å². The summed E-state index contributed by atoms with van der Waals surface area (Å²) in [6.45, 7) is 3.78. The Labute approximate surface area is 126 Å². The van der Waals surface area contributed by atoms with Crippen LogP contribution in [-0.2, 0) is 4.74 Å². The standard InChI is InChI=1S/C15H14ClFN2O2/c1-8(2)12-11(14(20)21-3)13(19-15(16)18-12)9-4-6-10(17)7-5-9/h4-8H,1-3H3/i15+2. The number of aromatic nitrogens is 2. The molecule has 1 aromatic heterocycles. The third-order valence-corrected chi connectivity index (χ3v) is 3.13. The second-order valence-electron chi connectivity index (χ2n) is 4.75. The summed E-state index contributed by atoms with van der Waals surface area (Å²) in [5.41, 5.74) is 1.67. The van der Waals surface area contributed by atoms with Gasteiger partial charge in [0.05, 0.1) is 18.5 Å². The molecule has 2 aromatic rings. The lowest BCUT2D eigenvalue weighted by atomic mass is 9.99. The zero-order chi connectivity index (χ0) is 15.6. The van der Waals surface area contributed by atoms with Crippen LogP contribution in [0.15, 0.2) is 24.3 Å². The highest BCUT2D eigenvalue weighted by Crippen LogP contribution is 2.29. The second kappa shape index (κ2) is 6.18. The van der Waals surface area contributed by atoms with E-state index in [1.807, 2.05) is 13.8 Å². The molecule has 0 radical (unpaired) electrons. The van der Waals surface area contributed by atoms with Crippen LogP contribution in [0.25, 0.3) is 11.3 Å². The van der Waals surface area contributed by atoms with Gasteiger partial charge in [0.25, 0.3) is 0 Å². The maximum Gasteiger partial charge on any atom is 0.341 e. The maximum atomic E-state index is 13.1. The van der Waals surface area contributed by atoms with Gasteiger partial charge >= 0.3 is 5.97 Å². The molecular weight excluding hydrogens is 297 g/mol. The summed E-state index contributed by atoms with van der Waals surface area (Å²) < 4.78 is 17.9. The highest BCUT2D eigenvalue weighted by molar-refractivity contribution is 6.28. The average Bonchev–Trinajstić information content (AvgIpc) is 2.46. The molecule has 110 valence electrons. The monoisotopic (exact) mass is 310 g/mol. The summed E-state index contributed by atoms with van der Waals surface area (Å²) in [6.07, 6.45) is 0. The number of rotatable bonds is 3. The highest BCUT2D eigenvalue weighted by Gasteiger charge is 2.24. The lowest BCUT2D eigenvalue weighted by molar-refractivity contribution is 0.0599. The van der Waals surface area contributed by atoms with E-state index in [4.69, 9.17) is 16.3 Å². The van der Waals surface area contributed by atoms with E-state index in [0.29, 0.717) is 17.0 Å². The number of benzene rings is 1. The topological polar surface area (TPSA) is 52.1 Å². The van der Waals surface area contributed by atoms with Gasteiger partial charge < -0.3 is 4.74 Å². The van der Waals surface area contributed by atoms with Gasteiger partial charge in [-0.1, -0.05) is 13.8 Å². The quantitative estimate of drug-likeness (QED) is 0.638. The Balaban J connectivity index is 2.74. The molecule has 0 aliphatic heterocycles. The zero-order valence-electron chi connectivity index (χ0n) is 11.9. The number of carbonyl (C=O) groups excluding carboxylic acids is 1. The van der Waals surface area contributed by atoms with Crippen molar-refractivity contribution >= 4 is 17.6 Å². The molecule has 0 atom stereocenters. The van der Waals surface area contributed by atoms with Crippen LogP contribution in [0.1, 0.15) is 35.8 Å². The molecule has 0 saturated carbocycles. The van der Waals surface area contributed by atoms with E-state index in [1.54, 1.807) is 0 Å². The number of nitrogens with zero attached hydrogens (tertiary/aromatic N) is 2. The van der Waals surface area contributed by atoms with Crippen molar-refractivity contribution in [2.45, 2.75) is 19.8 Å². The summed E-state index contributed by atoms with van der Waals surface area (Å²) >= 11 is 5.95. The Kier molecular flexibility index (Phi) is 4.53. The van der Waals surface area contributed by atoms with E-state index in [9.17, 15) is 9.18 Å². The summed E-state index contributed by atoms with van der Waals surface area (Å²) in [5.74, 6) is -0.962. The molecule has 4 nitrogen and oxygen atoms in total. The van der Waals surface area contributed by atoms with E-state index < -0.39 is 5.97 Å². The number of hydrogen-bond acceptors (Lipinski definition) is 4. The highest BCUT2D eigenvalue weighted by atomic mass is 35.5. The van der Waals surface area contributed by atoms with Gasteiger partial charge in [-0.2, -0.15) is 0 Å². The fourth-order valence-corrected chi connectivity index (χ4v) is 2.16. The summed E-state index contributed by atoms with van der Waals surface area (Å²) in [4.78, 5) is 20.3. The molecule has 0 unspecified atom stereocenters. The average molecular weight is 311 g/mol. The largest absolute Gasteiger partial charge is 0.465 e. The minimum Gasteiger partial charge on any atom is -0.465 e. The first-order valence-corrected chi connectivity index (χ1v) is 6.73. The molecule has 1 heterocycles. The van der Waals surface area contributed by atoms with Crippen LogP contribution in [0, 0.1) is 5.82 Å². The lowest BCUT2D eigenvalue weighted by Gasteiger charge is -2.14. The van der Waals surface area contributed by atoms with Crippen molar-refractivity contribution in [2.75, 3.05) is 7.11 Å². The predicted molar refractivity (Wildman–Crippen MR) is 77.9 cm³/mol. The van der Waals surface area contributed by atoms with E-state index in [0.717, 1.165) is 0 Å². The minimum atomic E-state index is -0.547. The van der Waals surface area contributed by atoms with Gasteiger partial charge in [0.1, 0.15) is 11.4 Å². The first-order chi connectivity index (χ1) is 9.93. The Morgan fingerprint density at radius 1 is 1.29 bits per heavy atom. The van der Waals surface area contributed by atoms with Crippen molar-refractivity contribution in [1.82, 2.24) is 9.97 Å². The van der Waals surface area contributed by atoms with Crippen molar-refractivity contribution in [2.24, 2.45) is 0 Å². The number of hydrogen-bond donors (Lipinski definition) is 0. The molecular formula is C15H14ClFN2O2. The molecule has 6 heteroatoms. The molecule has 0 bridgehead atoms. The number of methoxy groups -OCH3 is 1. The Bertz CT molecular complexity index is 672. The molecule has 2 rings (SSSR count). The number of ether oxygens (including phenoxy) is 1. The van der Waals surface area contributed by atoms with Crippen LogP contribution < -0.4 is 0 Å². The third kappa shape index (κ3) is 3.19. The SMILES string of the molecule is COC(=O)c1c(-c2ccc(F)cc2)n[14c](Cl)nc1C(C)C. The molecule has 21 heavy (non-hydrogen) atoms. The maximum absolute atomic E-state index is 13.1. The van der Waals surface area contributed by atoms with E-state index in [2.05, 4.69) is 9.97 Å². The van der Waals surface area contributed by atoms with Crippen molar-refractivity contribution in [3.63, 3.8) is 0 Å². The van der Waals surface area contributed by atoms with Crippen LogP contribution in [0.3, 0.4) is 0 Å². The van der Waals surface area contributed by atoms with Crippen molar-refractivity contribution in [1.29, 1.82) is 0 Å². The van der Waals surface area contributed by atoms with Crippen LogP contribution in [0.2, 0.25) is 5.28 Å². The molecule has 0 fully saturated rings. The Morgan fingerprint density at radius 2 is 1.90 bits per heavy atom. The lowest BCUT2D eigenvalue weighted by Crippen LogP contribution is -2.13. The molecule has 1 aromatic carbocycles. The molecule has 0 N–H and O–H groups in total. The van der Waals surface area contributed by atoms with Gasteiger partial charge in [-0.15, -0.1) is 0 Å². The van der Waals surface area contributed by atoms with E-state index in [-0.39, 0.29) is 22.6 Å². The molecule has 0 aliphatic rings. The van der Waals surface area contributed by atoms with Gasteiger partial charge in [0.2, 0.25) is 5.28 Å². The number of halogens is 2. The first-order valence-electron chi connectivity index (χ1n) is 6.35. The Hall–Kier alpha value is -2.01. The van der Waals surface area contributed by atoms with Crippen LogP contribution in [0.4, 0.5) is 4.39 Å². The van der Waals surface area contributed by atoms with Crippen LogP contribution >= 0.6 is 11.6 Å². The molecule has 0 saturated heterocycles. The summed E-state index contributed by atoms with van der Waals surface area (Å²) in [5, 5.41) is 0.0330. The van der Waals surface area contributed by atoms with Crippen molar-refractivity contribution in [3.05, 3.63) is 46.6 Å². The van der Waals surface area contributed by atoms with Gasteiger partial charge in [0, 0.05) is 5.56 Å². The van der Waals surface area contributed by atoms with Crippen molar-refractivity contribution in [3.8, 4) is 11.3 Å². The molecule has 0 spiro atoms. The molecule has 0 amide bonds. The minimum absolute atomic E-state index is 0.0330. The first kappa shape index (κ1) is 15.4. The van der Waals surface area contributed by atoms with Gasteiger partial charge in [0.15, 0.2) is 0 Å². The van der Waals surface area contributed by atoms with Crippen LogP contribution in [-0.4, -0.2) is 23.0 Å². The number of carbonyl (C=O) groups is 1. The van der Waals surface area contributed by atoms with Gasteiger partial charge in [-0.05, 0) is 41.8 Å². The predicted octanol–water partition coefficient (Wildman–Crippen LogP) is 3.85. The summed E-state index contributed by atoms with van der Waals surface area (Å²) in [6, 6.07) is 5.65. The van der Waals surface area contributed by atoms with Gasteiger partial charge in [-0.3, -0.25) is 0 Å². The fourth-order valence-electron chi connectivity index (χ4n) is 1.99. The third-order valence-electron chi connectivity index (χ3n) is 2.96. The second-order valence-corrected chi connectivity index (χ2v) is 5.09. The number of esters is 1. The fraction of sp³-hybridized carbons (Fsp3) is 0.267. The Morgan fingerprint density at radius 3 is 2.43 bits per heavy atom.